The van der Waals surface area contributed by atoms with E-state index in [9.17, 15) is 4.79 Å². The van der Waals surface area contributed by atoms with Crippen molar-refractivity contribution in [2.45, 2.75) is 32.6 Å². The van der Waals surface area contributed by atoms with Gasteiger partial charge in [0.05, 0.1) is 0 Å². The normalized spacial score (nSPS) is 13.1. The summed E-state index contributed by atoms with van der Waals surface area (Å²) >= 11 is 0. The molecule has 100 valence electrons. The molecule has 0 saturated carbocycles. The standard InChI is InChI=1S/C14H23N3O/c1-11(7-8-15)13(18)17-10-14(2,3)12-6-4-5-9-16-12/h4-6,9,11H,7-8,10,15H2,1-3H3,(H,17,18). The summed E-state index contributed by atoms with van der Waals surface area (Å²) in [4.78, 5) is 16.2. The van der Waals surface area contributed by atoms with E-state index in [2.05, 4.69) is 24.1 Å². The molecule has 1 unspecified atom stereocenters. The number of hydrogen-bond acceptors (Lipinski definition) is 3. The lowest BCUT2D eigenvalue weighted by Gasteiger charge is -2.25. The van der Waals surface area contributed by atoms with Crippen molar-refractivity contribution < 1.29 is 4.79 Å². The number of hydrogen-bond donors (Lipinski definition) is 2. The van der Waals surface area contributed by atoms with E-state index in [0.29, 0.717) is 13.1 Å². The molecule has 18 heavy (non-hydrogen) atoms. The third kappa shape index (κ3) is 4.11. The van der Waals surface area contributed by atoms with Crippen LogP contribution in [0.5, 0.6) is 0 Å². The molecule has 1 aromatic rings. The Morgan fingerprint density at radius 1 is 1.50 bits per heavy atom. The van der Waals surface area contributed by atoms with Crippen molar-refractivity contribution in [3.05, 3.63) is 30.1 Å². The zero-order chi connectivity index (χ0) is 13.6. The van der Waals surface area contributed by atoms with Gasteiger partial charge in [-0.2, -0.15) is 0 Å². The van der Waals surface area contributed by atoms with Gasteiger partial charge in [0, 0.05) is 29.8 Å². The van der Waals surface area contributed by atoms with Crippen molar-refractivity contribution in [2.24, 2.45) is 11.7 Å². The predicted molar refractivity (Wildman–Crippen MR) is 73.1 cm³/mol. The Kier molecular flexibility index (Phi) is 5.28. The molecule has 1 rings (SSSR count). The maximum Gasteiger partial charge on any atom is 0.222 e. The Morgan fingerprint density at radius 3 is 2.78 bits per heavy atom. The Morgan fingerprint density at radius 2 is 2.22 bits per heavy atom. The average Bonchev–Trinajstić information content (AvgIpc) is 2.37. The van der Waals surface area contributed by atoms with Gasteiger partial charge in [0.1, 0.15) is 0 Å². The van der Waals surface area contributed by atoms with E-state index >= 15 is 0 Å². The average molecular weight is 249 g/mol. The molecular weight excluding hydrogens is 226 g/mol. The lowest BCUT2D eigenvalue weighted by atomic mass is 9.88. The van der Waals surface area contributed by atoms with Gasteiger partial charge in [-0.25, -0.2) is 0 Å². The molecule has 0 fully saturated rings. The van der Waals surface area contributed by atoms with Gasteiger partial charge < -0.3 is 11.1 Å². The summed E-state index contributed by atoms with van der Waals surface area (Å²) in [5, 5.41) is 2.97. The molecule has 1 atom stereocenters. The lowest BCUT2D eigenvalue weighted by molar-refractivity contribution is -0.124. The Balaban J connectivity index is 2.55. The topological polar surface area (TPSA) is 68.0 Å². The summed E-state index contributed by atoms with van der Waals surface area (Å²) < 4.78 is 0. The van der Waals surface area contributed by atoms with Crippen molar-refractivity contribution >= 4 is 5.91 Å². The molecule has 0 aromatic carbocycles. The molecule has 0 bridgehead atoms. The van der Waals surface area contributed by atoms with Gasteiger partial charge in [-0.3, -0.25) is 9.78 Å². The van der Waals surface area contributed by atoms with Crippen LogP contribution in [0.25, 0.3) is 0 Å². The van der Waals surface area contributed by atoms with Crippen LogP contribution in [-0.4, -0.2) is 24.0 Å². The van der Waals surface area contributed by atoms with Gasteiger partial charge >= 0.3 is 0 Å². The van der Waals surface area contributed by atoms with Crippen LogP contribution in [-0.2, 0) is 10.2 Å². The summed E-state index contributed by atoms with van der Waals surface area (Å²) in [6.45, 7) is 7.17. The molecule has 0 radical (unpaired) electrons. The van der Waals surface area contributed by atoms with Crippen molar-refractivity contribution in [1.29, 1.82) is 0 Å². The fourth-order valence-electron chi connectivity index (χ4n) is 1.72. The van der Waals surface area contributed by atoms with E-state index < -0.39 is 0 Å². The quantitative estimate of drug-likeness (QED) is 0.802. The van der Waals surface area contributed by atoms with E-state index in [4.69, 9.17) is 5.73 Å². The number of aromatic nitrogens is 1. The van der Waals surface area contributed by atoms with Crippen LogP contribution in [0.15, 0.2) is 24.4 Å². The molecule has 3 N–H and O–H groups in total. The summed E-state index contributed by atoms with van der Waals surface area (Å²) in [5.41, 5.74) is 6.27. The number of carbonyl (C=O) groups is 1. The van der Waals surface area contributed by atoms with Crippen LogP contribution in [0.3, 0.4) is 0 Å². The second kappa shape index (κ2) is 6.50. The van der Waals surface area contributed by atoms with E-state index in [1.807, 2.05) is 25.1 Å². The molecule has 0 spiro atoms. The minimum Gasteiger partial charge on any atom is -0.355 e. The highest BCUT2D eigenvalue weighted by Gasteiger charge is 2.23. The molecule has 1 aromatic heterocycles. The summed E-state index contributed by atoms with van der Waals surface area (Å²) in [6.07, 6.45) is 2.49. The number of carbonyl (C=O) groups excluding carboxylic acids is 1. The highest BCUT2D eigenvalue weighted by Crippen LogP contribution is 2.19. The predicted octanol–water partition coefficient (Wildman–Crippen LogP) is 1.46. The first-order chi connectivity index (χ1) is 8.47. The summed E-state index contributed by atoms with van der Waals surface area (Å²) in [5.74, 6) is 0.0268. The van der Waals surface area contributed by atoms with Gasteiger partial charge in [-0.15, -0.1) is 0 Å². The van der Waals surface area contributed by atoms with E-state index in [0.717, 1.165) is 12.1 Å². The molecule has 4 nitrogen and oxygen atoms in total. The first-order valence-corrected chi connectivity index (χ1v) is 6.36. The van der Waals surface area contributed by atoms with Gasteiger partial charge in [0.15, 0.2) is 0 Å². The van der Waals surface area contributed by atoms with Crippen LogP contribution < -0.4 is 11.1 Å². The fourth-order valence-corrected chi connectivity index (χ4v) is 1.72. The van der Waals surface area contributed by atoms with Gasteiger partial charge in [-0.05, 0) is 25.1 Å². The monoisotopic (exact) mass is 249 g/mol. The minimum absolute atomic E-state index is 0.0328. The Bertz CT molecular complexity index is 376. The van der Waals surface area contributed by atoms with Gasteiger partial charge in [-0.1, -0.05) is 26.8 Å². The van der Waals surface area contributed by atoms with Gasteiger partial charge in [0.2, 0.25) is 5.91 Å². The number of pyridine rings is 1. The maximum atomic E-state index is 11.8. The van der Waals surface area contributed by atoms with E-state index in [1.54, 1.807) is 6.20 Å². The molecule has 0 aliphatic heterocycles. The zero-order valence-corrected chi connectivity index (χ0v) is 11.4. The molecule has 0 aliphatic carbocycles. The highest BCUT2D eigenvalue weighted by molar-refractivity contribution is 5.78. The van der Waals surface area contributed by atoms with E-state index in [1.165, 1.54) is 0 Å². The number of amides is 1. The number of rotatable bonds is 6. The second-order valence-electron chi connectivity index (χ2n) is 5.30. The number of nitrogens with zero attached hydrogens (tertiary/aromatic N) is 1. The first kappa shape index (κ1) is 14.6. The lowest BCUT2D eigenvalue weighted by Crippen LogP contribution is -2.39. The third-order valence-electron chi connectivity index (χ3n) is 3.11. The van der Waals surface area contributed by atoms with Crippen molar-refractivity contribution in [3.8, 4) is 0 Å². The smallest absolute Gasteiger partial charge is 0.222 e. The number of nitrogens with one attached hydrogen (secondary N) is 1. The molecular formula is C14H23N3O. The van der Waals surface area contributed by atoms with Crippen LogP contribution in [0.4, 0.5) is 0 Å². The molecule has 0 aliphatic rings. The van der Waals surface area contributed by atoms with E-state index in [-0.39, 0.29) is 17.2 Å². The fraction of sp³-hybridized carbons (Fsp3) is 0.571. The van der Waals surface area contributed by atoms with Gasteiger partial charge in [0.25, 0.3) is 0 Å². The molecule has 1 amide bonds. The van der Waals surface area contributed by atoms with Crippen LogP contribution >= 0.6 is 0 Å². The molecule has 0 saturated heterocycles. The molecule has 4 heteroatoms. The molecule has 1 heterocycles. The second-order valence-corrected chi connectivity index (χ2v) is 5.30. The highest BCUT2D eigenvalue weighted by atomic mass is 16.1. The maximum absolute atomic E-state index is 11.8. The zero-order valence-electron chi connectivity index (χ0n) is 11.4. The third-order valence-corrected chi connectivity index (χ3v) is 3.11. The summed E-state index contributed by atoms with van der Waals surface area (Å²) in [6, 6.07) is 5.83. The number of nitrogens with two attached hydrogens (primary N) is 1. The first-order valence-electron chi connectivity index (χ1n) is 6.36. The summed E-state index contributed by atoms with van der Waals surface area (Å²) in [7, 11) is 0. The van der Waals surface area contributed by atoms with Crippen molar-refractivity contribution in [3.63, 3.8) is 0 Å². The SMILES string of the molecule is CC(CCN)C(=O)NCC(C)(C)c1ccccn1. The van der Waals surface area contributed by atoms with Crippen LogP contribution in [0.1, 0.15) is 32.9 Å². The van der Waals surface area contributed by atoms with Crippen LogP contribution in [0.2, 0.25) is 0 Å². The van der Waals surface area contributed by atoms with Crippen LogP contribution in [0, 0.1) is 5.92 Å². The minimum atomic E-state index is -0.167. The van der Waals surface area contributed by atoms with Crippen molar-refractivity contribution in [1.82, 2.24) is 10.3 Å². The van der Waals surface area contributed by atoms with Crippen molar-refractivity contribution in [2.75, 3.05) is 13.1 Å². The Hall–Kier alpha value is -1.42. The Labute approximate surface area is 109 Å². The largest absolute Gasteiger partial charge is 0.355 e.